The summed E-state index contributed by atoms with van der Waals surface area (Å²) < 4.78 is 6.98. The number of ether oxygens (including phenoxy) is 1. The number of carbonyl (C=O) groups is 1. The van der Waals surface area contributed by atoms with Crippen LogP contribution in [-0.2, 0) is 4.74 Å². The zero-order valence-electron chi connectivity index (χ0n) is 15.7. The summed E-state index contributed by atoms with van der Waals surface area (Å²) in [6.45, 7) is 2.12. The van der Waals surface area contributed by atoms with Crippen molar-refractivity contribution < 1.29 is 9.53 Å². The second-order valence-electron chi connectivity index (χ2n) is 6.26. The Morgan fingerprint density at radius 2 is 1.79 bits per heavy atom. The van der Waals surface area contributed by atoms with Crippen molar-refractivity contribution in [3.63, 3.8) is 0 Å². The van der Waals surface area contributed by atoms with Crippen LogP contribution >= 0.6 is 12.4 Å². The molecule has 0 aliphatic rings. The summed E-state index contributed by atoms with van der Waals surface area (Å²) in [7, 11) is 0. The first-order valence-electron chi connectivity index (χ1n) is 8.94. The molecule has 6 heteroatoms. The molecule has 0 unspecified atom stereocenters. The van der Waals surface area contributed by atoms with Gasteiger partial charge in [0.25, 0.3) is 0 Å². The minimum absolute atomic E-state index is 0. The first-order valence-corrected chi connectivity index (χ1v) is 8.94. The fourth-order valence-electron chi connectivity index (χ4n) is 3.23. The molecule has 2 aromatic carbocycles. The molecule has 0 aliphatic carbocycles. The summed E-state index contributed by atoms with van der Waals surface area (Å²) in [5.41, 5.74) is 4.98. The maximum absolute atomic E-state index is 11.9. The van der Waals surface area contributed by atoms with Crippen molar-refractivity contribution in [3.8, 4) is 22.9 Å². The molecule has 29 heavy (non-hydrogen) atoms. The van der Waals surface area contributed by atoms with E-state index in [0.29, 0.717) is 17.7 Å². The number of esters is 1. The van der Waals surface area contributed by atoms with Crippen molar-refractivity contribution in [1.82, 2.24) is 9.55 Å². The Morgan fingerprint density at radius 3 is 2.45 bits per heavy atom. The summed E-state index contributed by atoms with van der Waals surface area (Å²) in [6.07, 6.45) is 5.32. The van der Waals surface area contributed by atoms with Crippen LogP contribution in [0.4, 0.5) is 0 Å². The van der Waals surface area contributed by atoms with Gasteiger partial charge in [-0.3, -0.25) is 4.98 Å². The topological polar surface area (TPSA) is 67.9 Å². The van der Waals surface area contributed by atoms with E-state index in [2.05, 4.69) is 11.1 Å². The molecule has 0 N–H and O–H groups in total. The van der Waals surface area contributed by atoms with Gasteiger partial charge in [0.1, 0.15) is 6.07 Å². The van der Waals surface area contributed by atoms with Gasteiger partial charge in [-0.25, -0.2) is 4.79 Å². The van der Waals surface area contributed by atoms with Crippen LogP contribution < -0.4 is 0 Å². The van der Waals surface area contributed by atoms with Gasteiger partial charge in [0, 0.05) is 29.7 Å². The number of nitriles is 1. The number of benzene rings is 2. The van der Waals surface area contributed by atoms with Crippen LogP contribution in [0.15, 0.2) is 73.2 Å². The number of aromatic nitrogens is 2. The number of halogens is 1. The summed E-state index contributed by atoms with van der Waals surface area (Å²) in [4.78, 5) is 15.9. The highest BCUT2D eigenvalue weighted by Crippen LogP contribution is 2.29. The zero-order chi connectivity index (χ0) is 19.5. The maximum atomic E-state index is 11.9. The first kappa shape index (κ1) is 20.1. The second-order valence-corrected chi connectivity index (χ2v) is 6.26. The van der Waals surface area contributed by atoms with Crippen LogP contribution in [0, 0.1) is 11.3 Å². The molecule has 4 rings (SSSR count). The van der Waals surface area contributed by atoms with Crippen molar-refractivity contribution in [2.45, 2.75) is 6.92 Å². The number of pyridine rings is 1. The lowest BCUT2D eigenvalue weighted by molar-refractivity contribution is 0.0526. The molecule has 0 saturated carbocycles. The van der Waals surface area contributed by atoms with Gasteiger partial charge in [0.05, 0.1) is 23.3 Å². The third-order valence-electron chi connectivity index (χ3n) is 4.60. The van der Waals surface area contributed by atoms with E-state index < -0.39 is 0 Å². The molecule has 0 atom stereocenters. The first-order chi connectivity index (χ1) is 13.7. The molecular weight excluding hydrogens is 386 g/mol. The second kappa shape index (κ2) is 8.59. The Morgan fingerprint density at radius 1 is 1.07 bits per heavy atom. The number of hydrogen-bond donors (Lipinski definition) is 0. The Labute approximate surface area is 174 Å². The summed E-state index contributed by atoms with van der Waals surface area (Å²) in [6, 6.07) is 19.4. The smallest absolute Gasteiger partial charge is 0.338 e. The van der Waals surface area contributed by atoms with Crippen molar-refractivity contribution in [3.05, 3.63) is 84.3 Å². The molecule has 0 saturated heterocycles. The minimum Gasteiger partial charge on any atom is -0.462 e. The quantitative estimate of drug-likeness (QED) is 0.441. The summed E-state index contributed by atoms with van der Waals surface area (Å²) >= 11 is 0. The predicted octanol–water partition coefficient (Wildman–Crippen LogP) is 5.16. The molecule has 0 spiro atoms. The highest BCUT2D eigenvalue weighted by Gasteiger charge is 2.12. The Bertz CT molecular complexity index is 1190. The van der Waals surface area contributed by atoms with E-state index in [0.717, 1.165) is 27.7 Å². The maximum Gasteiger partial charge on any atom is 0.338 e. The Balaban J connectivity index is 0.00000240. The van der Waals surface area contributed by atoms with E-state index in [9.17, 15) is 10.1 Å². The van der Waals surface area contributed by atoms with Gasteiger partial charge in [0.15, 0.2) is 0 Å². The zero-order valence-corrected chi connectivity index (χ0v) is 16.5. The monoisotopic (exact) mass is 403 g/mol. The van der Waals surface area contributed by atoms with Crippen LogP contribution in [0.3, 0.4) is 0 Å². The third kappa shape index (κ3) is 3.84. The number of fused-ring (bicyclic) bond motifs is 1. The molecule has 0 amide bonds. The number of hydrogen-bond acceptors (Lipinski definition) is 4. The SMILES string of the molecule is CCOC(=O)c1ccc(-n2cc(C#N)c3cc(-c4ccncc4)ccc32)cc1.Cl. The van der Waals surface area contributed by atoms with E-state index in [-0.39, 0.29) is 18.4 Å². The van der Waals surface area contributed by atoms with E-state index in [1.807, 2.05) is 53.2 Å². The van der Waals surface area contributed by atoms with E-state index in [4.69, 9.17) is 4.74 Å². The molecule has 0 aliphatic heterocycles. The van der Waals surface area contributed by atoms with Crippen molar-refractivity contribution in [1.29, 1.82) is 5.26 Å². The van der Waals surface area contributed by atoms with Crippen LogP contribution in [0.25, 0.3) is 27.7 Å². The average molecular weight is 404 g/mol. The van der Waals surface area contributed by atoms with Gasteiger partial charge in [-0.1, -0.05) is 6.07 Å². The Hall–Kier alpha value is -3.62. The fourth-order valence-corrected chi connectivity index (χ4v) is 3.23. The van der Waals surface area contributed by atoms with Crippen molar-refractivity contribution in [2.75, 3.05) is 6.61 Å². The van der Waals surface area contributed by atoms with Crippen LogP contribution in [0.5, 0.6) is 0 Å². The number of rotatable bonds is 4. The van der Waals surface area contributed by atoms with Gasteiger partial charge in [-0.05, 0) is 66.6 Å². The lowest BCUT2D eigenvalue weighted by atomic mass is 10.0. The lowest BCUT2D eigenvalue weighted by Gasteiger charge is -2.08. The van der Waals surface area contributed by atoms with Gasteiger partial charge in [0.2, 0.25) is 0 Å². The van der Waals surface area contributed by atoms with E-state index in [1.54, 1.807) is 31.5 Å². The largest absolute Gasteiger partial charge is 0.462 e. The molecule has 0 fully saturated rings. The number of nitrogens with zero attached hydrogens (tertiary/aromatic N) is 3. The van der Waals surface area contributed by atoms with Gasteiger partial charge >= 0.3 is 5.97 Å². The fraction of sp³-hybridized carbons (Fsp3) is 0.0870. The molecule has 0 bridgehead atoms. The van der Waals surface area contributed by atoms with Crippen molar-refractivity contribution >= 4 is 29.3 Å². The highest BCUT2D eigenvalue weighted by atomic mass is 35.5. The normalized spacial score (nSPS) is 10.2. The molecule has 144 valence electrons. The van der Waals surface area contributed by atoms with Crippen LogP contribution in [-0.4, -0.2) is 22.1 Å². The average Bonchev–Trinajstić information content (AvgIpc) is 3.12. The molecule has 2 aromatic heterocycles. The number of carbonyl (C=O) groups excluding carboxylic acids is 1. The standard InChI is InChI=1S/C23H17N3O2.ClH/c1-2-28-23(27)17-3-6-20(7-4-17)26-15-19(14-24)21-13-18(5-8-22(21)26)16-9-11-25-12-10-16;/h3-13,15H,2H2,1H3;1H. The molecule has 4 aromatic rings. The van der Waals surface area contributed by atoms with Gasteiger partial charge in [-0.15, -0.1) is 12.4 Å². The summed E-state index contributed by atoms with van der Waals surface area (Å²) in [5, 5.41) is 10.5. The van der Waals surface area contributed by atoms with E-state index in [1.165, 1.54) is 0 Å². The summed E-state index contributed by atoms with van der Waals surface area (Å²) in [5.74, 6) is -0.342. The molecule has 2 heterocycles. The van der Waals surface area contributed by atoms with Crippen LogP contribution in [0.2, 0.25) is 0 Å². The third-order valence-corrected chi connectivity index (χ3v) is 4.60. The lowest BCUT2D eigenvalue weighted by Crippen LogP contribution is -2.04. The van der Waals surface area contributed by atoms with Crippen molar-refractivity contribution in [2.24, 2.45) is 0 Å². The highest BCUT2D eigenvalue weighted by molar-refractivity contribution is 5.92. The van der Waals surface area contributed by atoms with Crippen LogP contribution in [0.1, 0.15) is 22.8 Å². The molecule has 0 radical (unpaired) electrons. The van der Waals surface area contributed by atoms with Gasteiger partial charge < -0.3 is 9.30 Å². The minimum atomic E-state index is -0.342. The van der Waals surface area contributed by atoms with E-state index >= 15 is 0 Å². The predicted molar refractivity (Wildman–Crippen MR) is 114 cm³/mol. The molecular formula is C23H18ClN3O2. The van der Waals surface area contributed by atoms with Gasteiger partial charge in [-0.2, -0.15) is 5.26 Å². The Kier molecular flexibility index (Phi) is 5.96. The molecule has 5 nitrogen and oxygen atoms in total.